The number of nitrogens with one attached hydrogen (secondary N) is 1. The highest BCUT2D eigenvalue weighted by molar-refractivity contribution is 14.1. The lowest BCUT2D eigenvalue weighted by atomic mass is 10.2. The summed E-state index contributed by atoms with van der Waals surface area (Å²) in [4.78, 5) is 0.911. The van der Waals surface area contributed by atoms with E-state index in [0.717, 1.165) is 10.6 Å². The first-order valence-corrected chi connectivity index (χ1v) is 7.98. The summed E-state index contributed by atoms with van der Waals surface area (Å²) in [6, 6.07) is 9.91. The van der Waals surface area contributed by atoms with Crippen molar-refractivity contribution in [2.45, 2.75) is 6.92 Å². The van der Waals surface area contributed by atoms with Crippen LogP contribution >= 0.6 is 33.9 Å². The van der Waals surface area contributed by atoms with Crippen LogP contribution in [-0.4, -0.2) is 5.11 Å². The summed E-state index contributed by atoms with van der Waals surface area (Å²) in [5.41, 5.74) is 2.73. The number of thiophene rings is 1. The monoisotopic (exact) mass is 397 g/mol. The van der Waals surface area contributed by atoms with Crippen LogP contribution in [0.1, 0.15) is 5.56 Å². The molecule has 20 heavy (non-hydrogen) atoms. The lowest BCUT2D eigenvalue weighted by molar-refractivity contribution is 0.466. The van der Waals surface area contributed by atoms with E-state index in [0.29, 0.717) is 11.4 Å². The van der Waals surface area contributed by atoms with Gasteiger partial charge in [0, 0.05) is 9.26 Å². The number of aryl methyl sites for hydroxylation is 1. The van der Waals surface area contributed by atoms with E-state index in [9.17, 15) is 5.11 Å². The Hall–Kier alpha value is -1.47. The highest BCUT2D eigenvalue weighted by Crippen LogP contribution is 2.40. The fourth-order valence-electron chi connectivity index (χ4n) is 1.85. The van der Waals surface area contributed by atoms with Gasteiger partial charge in [0.2, 0.25) is 0 Å². The van der Waals surface area contributed by atoms with Gasteiger partial charge >= 0.3 is 0 Å². The van der Waals surface area contributed by atoms with Crippen molar-refractivity contribution in [2.24, 2.45) is 0 Å². The number of benzene rings is 1. The molecule has 0 fully saturated rings. The molecule has 102 valence electrons. The van der Waals surface area contributed by atoms with E-state index in [1.807, 2.05) is 35.7 Å². The predicted molar refractivity (Wildman–Crippen MR) is 90.9 cm³/mol. The quantitative estimate of drug-likeness (QED) is 0.584. The second-order valence-electron chi connectivity index (χ2n) is 4.39. The Morgan fingerprint density at radius 2 is 2.15 bits per heavy atom. The van der Waals surface area contributed by atoms with Crippen molar-refractivity contribution in [1.29, 1.82) is 0 Å². The molecule has 0 atom stereocenters. The number of halogens is 1. The van der Waals surface area contributed by atoms with Crippen LogP contribution in [0.4, 0.5) is 11.4 Å². The summed E-state index contributed by atoms with van der Waals surface area (Å²) in [5.74, 6) is 0.646. The van der Waals surface area contributed by atoms with Gasteiger partial charge in [-0.3, -0.25) is 0 Å². The van der Waals surface area contributed by atoms with Crippen molar-refractivity contribution in [3.8, 4) is 16.4 Å². The van der Waals surface area contributed by atoms with Crippen molar-refractivity contribution >= 4 is 45.3 Å². The zero-order valence-electron chi connectivity index (χ0n) is 10.7. The molecule has 0 radical (unpaired) electrons. The van der Waals surface area contributed by atoms with Gasteiger partial charge in [-0.15, -0.1) is 11.3 Å². The van der Waals surface area contributed by atoms with Gasteiger partial charge in [0.1, 0.15) is 12.0 Å². The first-order chi connectivity index (χ1) is 9.65. The third-order valence-corrected chi connectivity index (χ3v) is 4.99. The number of furan rings is 1. The van der Waals surface area contributed by atoms with Crippen LogP contribution in [0.15, 0.2) is 46.4 Å². The van der Waals surface area contributed by atoms with Crippen molar-refractivity contribution in [3.63, 3.8) is 0 Å². The minimum absolute atomic E-state index is 0.142. The third-order valence-electron chi connectivity index (χ3n) is 2.96. The minimum Gasteiger partial charge on any atom is -0.503 e. The maximum atomic E-state index is 10.2. The molecule has 3 nitrogen and oxygen atoms in total. The van der Waals surface area contributed by atoms with Crippen LogP contribution in [0.2, 0.25) is 0 Å². The summed E-state index contributed by atoms with van der Waals surface area (Å²) < 4.78 is 6.64. The Morgan fingerprint density at radius 1 is 1.30 bits per heavy atom. The van der Waals surface area contributed by atoms with Gasteiger partial charge in [-0.05, 0) is 58.7 Å². The van der Waals surface area contributed by atoms with Crippen LogP contribution in [0.25, 0.3) is 10.6 Å². The molecule has 0 aliphatic rings. The first-order valence-electron chi connectivity index (χ1n) is 6.02. The summed E-state index contributed by atoms with van der Waals surface area (Å²) in [7, 11) is 0. The summed E-state index contributed by atoms with van der Waals surface area (Å²) >= 11 is 3.82. The van der Waals surface area contributed by atoms with E-state index in [4.69, 9.17) is 4.42 Å². The zero-order chi connectivity index (χ0) is 14.1. The van der Waals surface area contributed by atoms with E-state index in [1.54, 1.807) is 0 Å². The first kappa shape index (κ1) is 13.5. The Labute approximate surface area is 134 Å². The lowest BCUT2D eigenvalue weighted by Gasteiger charge is -2.06. The van der Waals surface area contributed by atoms with Gasteiger partial charge in [-0.1, -0.05) is 12.1 Å². The molecular weight excluding hydrogens is 385 g/mol. The molecule has 0 aliphatic carbocycles. The Morgan fingerprint density at radius 3 is 2.85 bits per heavy atom. The van der Waals surface area contributed by atoms with E-state index < -0.39 is 0 Å². The number of aromatic hydroxyl groups is 1. The van der Waals surface area contributed by atoms with Gasteiger partial charge in [-0.2, -0.15) is 0 Å². The Kier molecular flexibility index (Phi) is 3.71. The van der Waals surface area contributed by atoms with Crippen LogP contribution in [-0.2, 0) is 0 Å². The maximum Gasteiger partial charge on any atom is 0.187 e. The average molecular weight is 397 g/mol. The fourth-order valence-corrected chi connectivity index (χ4v) is 3.08. The van der Waals surface area contributed by atoms with Crippen molar-refractivity contribution in [2.75, 3.05) is 5.32 Å². The minimum atomic E-state index is 0.142. The Bertz CT molecular complexity index is 734. The van der Waals surface area contributed by atoms with E-state index in [-0.39, 0.29) is 5.75 Å². The number of hydrogen-bond acceptors (Lipinski definition) is 4. The van der Waals surface area contributed by atoms with Crippen LogP contribution in [0, 0.1) is 10.5 Å². The molecule has 2 aromatic heterocycles. The SMILES string of the molecule is Cc1ccc(Nc2coc(-c3cccs3)c2O)cc1I. The van der Waals surface area contributed by atoms with Crippen LogP contribution < -0.4 is 5.32 Å². The largest absolute Gasteiger partial charge is 0.503 e. The molecule has 1 aromatic carbocycles. The average Bonchev–Trinajstić information content (AvgIpc) is 3.05. The van der Waals surface area contributed by atoms with Crippen LogP contribution in [0.3, 0.4) is 0 Å². The van der Waals surface area contributed by atoms with Gasteiger partial charge < -0.3 is 14.8 Å². The molecule has 3 aromatic rings. The summed E-state index contributed by atoms with van der Waals surface area (Å²) in [5, 5.41) is 15.4. The highest BCUT2D eigenvalue weighted by atomic mass is 127. The predicted octanol–water partition coefficient (Wildman–Crippen LogP) is 5.37. The molecule has 0 saturated carbocycles. The van der Waals surface area contributed by atoms with Crippen molar-refractivity contribution in [3.05, 3.63) is 51.1 Å². The standard InChI is InChI=1S/C15H12INO2S/c1-9-4-5-10(7-11(9)16)17-12-8-19-15(14(12)18)13-3-2-6-20-13/h2-8,17-18H,1H3. The highest BCUT2D eigenvalue weighted by Gasteiger charge is 2.15. The molecule has 3 rings (SSSR count). The molecule has 0 bridgehead atoms. The van der Waals surface area contributed by atoms with Gasteiger partial charge in [0.15, 0.2) is 11.5 Å². The molecule has 0 saturated heterocycles. The lowest BCUT2D eigenvalue weighted by Crippen LogP contribution is -1.90. The molecule has 0 aliphatic heterocycles. The van der Waals surface area contributed by atoms with Crippen molar-refractivity contribution in [1.82, 2.24) is 0 Å². The smallest absolute Gasteiger partial charge is 0.187 e. The molecule has 0 spiro atoms. The number of rotatable bonds is 3. The number of anilines is 2. The molecule has 5 heteroatoms. The van der Waals surface area contributed by atoms with Gasteiger partial charge in [0.25, 0.3) is 0 Å². The van der Waals surface area contributed by atoms with E-state index in [1.165, 1.54) is 26.7 Å². The molecule has 0 unspecified atom stereocenters. The maximum absolute atomic E-state index is 10.2. The second-order valence-corrected chi connectivity index (χ2v) is 6.50. The number of hydrogen-bond donors (Lipinski definition) is 2. The van der Waals surface area contributed by atoms with Crippen molar-refractivity contribution < 1.29 is 9.52 Å². The Balaban J connectivity index is 1.90. The van der Waals surface area contributed by atoms with Crippen LogP contribution in [0.5, 0.6) is 5.75 Å². The fraction of sp³-hybridized carbons (Fsp3) is 0.0667. The zero-order valence-corrected chi connectivity index (χ0v) is 13.7. The summed E-state index contributed by atoms with van der Waals surface area (Å²) in [6.45, 7) is 2.07. The second kappa shape index (κ2) is 5.49. The molecule has 2 heterocycles. The molecule has 2 N–H and O–H groups in total. The van der Waals surface area contributed by atoms with Gasteiger partial charge in [0.05, 0.1) is 4.88 Å². The normalized spacial score (nSPS) is 10.7. The van der Waals surface area contributed by atoms with E-state index >= 15 is 0 Å². The molecular formula is C15H12INO2S. The molecule has 0 amide bonds. The third kappa shape index (κ3) is 2.55. The summed E-state index contributed by atoms with van der Waals surface area (Å²) in [6.07, 6.45) is 1.54. The van der Waals surface area contributed by atoms with E-state index in [2.05, 4.69) is 34.8 Å². The topological polar surface area (TPSA) is 45.4 Å². The van der Waals surface area contributed by atoms with Gasteiger partial charge in [-0.25, -0.2) is 0 Å².